The molecule has 1 spiro atoms. The molecule has 0 bridgehead atoms. The van der Waals surface area contributed by atoms with Gasteiger partial charge in [0.2, 0.25) is 65.0 Å². The van der Waals surface area contributed by atoms with Crippen molar-refractivity contribution >= 4 is 76.6 Å². The first-order valence-electron chi connectivity index (χ1n) is 33.0. The van der Waals surface area contributed by atoms with Gasteiger partial charge in [-0.3, -0.25) is 52.7 Å². The van der Waals surface area contributed by atoms with Crippen LogP contribution in [0.15, 0.2) is 48.5 Å². The van der Waals surface area contributed by atoms with Crippen molar-refractivity contribution in [3.63, 3.8) is 0 Å². The van der Waals surface area contributed by atoms with Crippen LogP contribution in [0.25, 0.3) is 0 Å². The lowest BCUT2D eigenvalue weighted by atomic mass is 9.83. The second-order valence-corrected chi connectivity index (χ2v) is 27.8. The highest BCUT2D eigenvalue weighted by Gasteiger charge is 2.49. The van der Waals surface area contributed by atoms with E-state index in [1.807, 2.05) is 34.6 Å². The third kappa shape index (κ3) is 20.8. The number of hydrogen-bond donors (Lipinski definition) is 5. The van der Waals surface area contributed by atoms with Crippen molar-refractivity contribution in [2.75, 3.05) is 61.9 Å². The molecule has 0 aromatic heterocycles. The fourth-order valence-corrected chi connectivity index (χ4v) is 12.8. The number of rotatable bonds is 12. The van der Waals surface area contributed by atoms with Crippen LogP contribution in [0.2, 0.25) is 5.02 Å². The minimum Gasteiger partial charge on any atom is -0.351 e. The summed E-state index contributed by atoms with van der Waals surface area (Å²) >= 11 is 6.22. The van der Waals surface area contributed by atoms with Crippen LogP contribution in [0.4, 0.5) is 13.2 Å². The van der Waals surface area contributed by atoms with E-state index in [0.717, 1.165) is 31.7 Å². The first-order chi connectivity index (χ1) is 44.0. The number of likely N-dealkylation sites (N-methyl/N-ethyl adjacent to an activating group) is 6. The third-order valence-corrected chi connectivity index (χ3v) is 19.0. The SMILES string of the molecule is CC[C@H](C)[C@@H]1NC(=O)[C@H](C(C)C)NC(=O)[C@@H]2CCCC[C@@H]2NC(=O)[C@H](CC(C)C)N(C)C(=O)C2(CCCC2)NC(=O)[C@H](CC(C)C)N(C)C(=O)[C@H](CCc2ccc(C(F)(F)F)cc2)NC(=O)CN(C)C(=O)[C@H](Cc2ccc(Cl)cc2)N(C)C(=O)CN(C)C(=O)CN(C)C1=O. The van der Waals surface area contributed by atoms with Gasteiger partial charge in [0.15, 0.2) is 0 Å². The second kappa shape index (κ2) is 34.4. The molecule has 0 unspecified atom stereocenters. The van der Waals surface area contributed by atoms with E-state index in [9.17, 15) is 51.5 Å². The van der Waals surface area contributed by atoms with Crippen LogP contribution >= 0.6 is 11.6 Å². The molecule has 2 aliphatic carbocycles. The fraction of sp³-hybridized carbons (Fsp3) is 0.662. The van der Waals surface area contributed by atoms with E-state index in [0.29, 0.717) is 61.1 Å². The number of nitrogens with zero attached hydrogens (tertiary/aromatic N) is 6. The maximum Gasteiger partial charge on any atom is 0.416 e. The molecule has 3 aliphatic rings. The molecule has 2 aromatic rings. The quantitative estimate of drug-likeness (QED) is 0.171. The number of aryl methyl sites for hydroxylation is 1. The van der Waals surface area contributed by atoms with Crippen LogP contribution in [0.1, 0.15) is 149 Å². The molecule has 2 saturated carbocycles. The van der Waals surface area contributed by atoms with E-state index in [1.165, 1.54) is 64.2 Å². The van der Waals surface area contributed by atoms with Crippen molar-refractivity contribution in [1.29, 1.82) is 0 Å². The van der Waals surface area contributed by atoms with Gasteiger partial charge in [-0.1, -0.05) is 123 Å². The summed E-state index contributed by atoms with van der Waals surface area (Å²) in [6.45, 7) is 12.8. The summed E-state index contributed by atoms with van der Waals surface area (Å²) in [5.74, 6) is -9.32. The molecule has 26 heteroatoms. The Bertz CT molecular complexity index is 3000. The van der Waals surface area contributed by atoms with Gasteiger partial charge in [0.1, 0.15) is 41.8 Å². The van der Waals surface area contributed by atoms with Gasteiger partial charge in [-0.2, -0.15) is 13.2 Å². The molecule has 9 atom stereocenters. The molecule has 5 rings (SSSR count). The first kappa shape index (κ1) is 77.4. The van der Waals surface area contributed by atoms with Crippen molar-refractivity contribution in [2.45, 2.75) is 199 Å². The van der Waals surface area contributed by atoms with Crippen LogP contribution in [-0.4, -0.2) is 204 Å². The molecule has 1 saturated heterocycles. The summed E-state index contributed by atoms with van der Waals surface area (Å²) in [6.07, 6.45) is -0.690. The highest BCUT2D eigenvalue weighted by atomic mass is 35.5. The predicted octanol–water partition coefficient (Wildman–Crippen LogP) is 5.76. The van der Waals surface area contributed by atoms with Gasteiger partial charge in [0.05, 0.1) is 31.1 Å². The maximum atomic E-state index is 15.3. The monoisotopic (exact) mass is 1340 g/mol. The Labute approximate surface area is 557 Å². The van der Waals surface area contributed by atoms with Gasteiger partial charge in [0, 0.05) is 59.8 Å². The molecular weight excluding hydrogens is 1240 g/mol. The fourth-order valence-electron chi connectivity index (χ4n) is 12.6. The number of fused-ring (bicyclic) bond motifs is 1. The normalized spacial score (nSPS) is 25.4. The lowest BCUT2D eigenvalue weighted by molar-refractivity contribution is -0.149. The van der Waals surface area contributed by atoms with E-state index >= 15 is 14.4 Å². The summed E-state index contributed by atoms with van der Waals surface area (Å²) < 4.78 is 41.0. The molecule has 3 fully saturated rings. The molecule has 1 heterocycles. The average Bonchev–Trinajstić information content (AvgIpc) is 1.47. The minimum absolute atomic E-state index is 0.0306. The van der Waals surface area contributed by atoms with Gasteiger partial charge >= 0.3 is 6.18 Å². The van der Waals surface area contributed by atoms with Crippen LogP contribution < -0.4 is 26.6 Å². The number of nitrogens with one attached hydrogen (secondary N) is 5. The van der Waals surface area contributed by atoms with Crippen LogP contribution in [0, 0.1) is 29.6 Å². The summed E-state index contributed by atoms with van der Waals surface area (Å²) in [7, 11) is 8.29. The standard InChI is InChI=1S/C68H101ClF3N11O11/c1-15-43(8)58-65(93)80(11)38-55(85)78(9)39-56(86)81(12)53(36-45-24-29-47(69)30-25-45)64(92)79(10)37-54(84)73-50(31-26-44-22-27-46(28-23-44)68(70,71)72)63(91)82(13)52(35-41(4)5)61(89)77-67(32-18-19-33-67)66(94)83(14)51(34-40(2)3)60(88)74-49-21-17-16-20-48(49)59(87)75-57(42(6)7)62(90)76-58/h22-25,27-30,40-43,48-53,57-58H,15-21,26,31-39H2,1-14H3,(H,73,84)(H,74,88)(H,75,87)(H,76,90)(H,77,89)/t43-,48+,49-,50-,51-,52-,53-,57-,58-/m0/s1. The van der Waals surface area contributed by atoms with Crippen molar-refractivity contribution in [2.24, 2.45) is 29.6 Å². The zero-order chi connectivity index (χ0) is 70.3. The van der Waals surface area contributed by atoms with Gasteiger partial charge in [-0.25, -0.2) is 0 Å². The molecule has 94 heavy (non-hydrogen) atoms. The molecular formula is C68H101ClF3N11O11. The number of benzene rings is 2. The van der Waals surface area contributed by atoms with Crippen molar-refractivity contribution in [1.82, 2.24) is 56.0 Å². The molecule has 1 aliphatic heterocycles. The molecule has 22 nitrogen and oxygen atoms in total. The summed E-state index contributed by atoms with van der Waals surface area (Å²) in [5, 5.41) is 15.1. The highest BCUT2D eigenvalue weighted by Crippen LogP contribution is 2.35. The molecule has 522 valence electrons. The number of carbonyl (C=O) groups excluding carboxylic acids is 11. The zero-order valence-corrected chi connectivity index (χ0v) is 58.0. The van der Waals surface area contributed by atoms with Crippen molar-refractivity contribution < 1.29 is 65.9 Å². The summed E-state index contributed by atoms with van der Waals surface area (Å²) in [4.78, 5) is 168. The van der Waals surface area contributed by atoms with Gasteiger partial charge in [0.25, 0.3) is 0 Å². The number of alkyl halides is 3. The molecule has 5 N–H and O–H groups in total. The Kier molecular flexibility index (Phi) is 28.3. The minimum atomic E-state index is -4.63. The van der Waals surface area contributed by atoms with E-state index in [4.69, 9.17) is 11.6 Å². The van der Waals surface area contributed by atoms with Gasteiger partial charge in [-0.05, 0) is 110 Å². The first-order valence-corrected chi connectivity index (χ1v) is 33.3. The Balaban J connectivity index is 1.60. The molecule has 11 amide bonds. The van der Waals surface area contributed by atoms with E-state index in [-0.39, 0.29) is 56.8 Å². The summed E-state index contributed by atoms with van der Waals surface area (Å²) in [6, 6.07) is 2.71. The van der Waals surface area contributed by atoms with Gasteiger partial charge < -0.3 is 56.0 Å². The lowest BCUT2D eigenvalue weighted by Crippen LogP contribution is -2.64. The molecule has 0 radical (unpaired) electrons. The largest absolute Gasteiger partial charge is 0.416 e. The van der Waals surface area contributed by atoms with Crippen LogP contribution in [-0.2, 0) is 71.8 Å². The predicted molar refractivity (Wildman–Crippen MR) is 350 cm³/mol. The van der Waals surface area contributed by atoms with Crippen LogP contribution in [0.5, 0.6) is 0 Å². The summed E-state index contributed by atoms with van der Waals surface area (Å²) in [5.41, 5.74) is -1.47. The number of amides is 11. The van der Waals surface area contributed by atoms with Gasteiger partial charge in [-0.15, -0.1) is 0 Å². The number of carbonyl (C=O) groups is 11. The number of hydrogen-bond acceptors (Lipinski definition) is 11. The Morgan fingerprint density at radius 1 is 0.553 bits per heavy atom. The Morgan fingerprint density at radius 2 is 1.10 bits per heavy atom. The van der Waals surface area contributed by atoms with Crippen molar-refractivity contribution in [3.05, 3.63) is 70.2 Å². The topological polar surface area (TPSA) is 267 Å². The van der Waals surface area contributed by atoms with E-state index < -0.39 is 162 Å². The Morgan fingerprint density at radius 3 is 1.66 bits per heavy atom. The van der Waals surface area contributed by atoms with Crippen LogP contribution in [0.3, 0.4) is 0 Å². The zero-order valence-electron chi connectivity index (χ0n) is 57.3. The van der Waals surface area contributed by atoms with E-state index in [2.05, 4.69) is 26.6 Å². The Hall–Kier alpha value is -7.31. The third-order valence-electron chi connectivity index (χ3n) is 18.7. The van der Waals surface area contributed by atoms with Crippen molar-refractivity contribution in [3.8, 4) is 0 Å². The van der Waals surface area contributed by atoms with E-state index in [1.54, 1.807) is 45.0 Å². The number of halogens is 4. The lowest BCUT2D eigenvalue weighted by Gasteiger charge is -2.40. The second-order valence-electron chi connectivity index (χ2n) is 27.4. The highest BCUT2D eigenvalue weighted by molar-refractivity contribution is 6.30. The average molecular weight is 1340 g/mol. The molecule has 2 aromatic carbocycles. The smallest absolute Gasteiger partial charge is 0.351 e. The maximum absolute atomic E-state index is 15.3.